The minimum Gasteiger partial charge on any atom is -0.497 e. The summed E-state index contributed by atoms with van der Waals surface area (Å²) in [4.78, 5) is 18.9. The molecule has 4 heteroatoms. The number of rotatable bonds is 4. The normalized spacial score (nSPS) is 38.7. The zero-order chi connectivity index (χ0) is 23.4. The number of carbonyl (C=O) groups excluding carboxylic acids is 1. The van der Waals surface area contributed by atoms with Gasteiger partial charge < -0.3 is 9.64 Å². The first kappa shape index (κ1) is 20.8. The van der Waals surface area contributed by atoms with Gasteiger partial charge in [-0.2, -0.15) is 0 Å². The molecule has 182 valence electrons. The van der Waals surface area contributed by atoms with Crippen LogP contribution in [0.2, 0.25) is 0 Å². The van der Waals surface area contributed by atoms with Crippen molar-refractivity contribution in [2.45, 2.75) is 62.4 Å². The number of carbonyl (C=O) groups is 1. The molecule has 0 aromatic heterocycles. The van der Waals surface area contributed by atoms with Gasteiger partial charge in [-0.3, -0.25) is 9.69 Å². The molecule has 1 amide bonds. The Bertz CT molecular complexity index is 1190. The van der Waals surface area contributed by atoms with Crippen molar-refractivity contribution >= 4 is 5.91 Å². The molecule has 2 aliphatic heterocycles. The molecule has 0 N–H and O–H groups in total. The number of ether oxygens (including phenoxy) is 1. The number of likely N-dealkylation sites (tertiary alicyclic amines) is 2. The zero-order valence-electron chi connectivity index (χ0n) is 20.8. The van der Waals surface area contributed by atoms with Crippen molar-refractivity contribution in [2.24, 2.45) is 23.2 Å². The van der Waals surface area contributed by atoms with E-state index >= 15 is 0 Å². The largest absolute Gasteiger partial charge is 0.497 e. The van der Waals surface area contributed by atoms with Crippen LogP contribution in [0, 0.1) is 23.2 Å². The Balaban J connectivity index is 1.25. The van der Waals surface area contributed by atoms with Crippen LogP contribution in [0.25, 0.3) is 0 Å². The summed E-state index contributed by atoms with van der Waals surface area (Å²) in [6.45, 7) is 3.48. The van der Waals surface area contributed by atoms with Crippen LogP contribution in [0.4, 0.5) is 0 Å². The molecule has 2 saturated heterocycles. The van der Waals surface area contributed by atoms with E-state index in [1.807, 2.05) is 30.3 Å². The SMILES string of the molecule is COc1ccc2c(c1)[C@]13CCN(CC4CC4)[C@H](C2)[C@]12CC[C@@H]1[C@H]3[C@@H](CN1C(=O)c1ccccc1)C2. The maximum Gasteiger partial charge on any atom is 0.254 e. The topological polar surface area (TPSA) is 32.8 Å². The fourth-order valence-electron chi connectivity index (χ4n) is 10.0. The Hall–Kier alpha value is -2.33. The van der Waals surface area contributed by atoms with Gasteiger partial charge >= 0.3 is 0 Å². The van der Waals surface area contributed by atoms with Crippen LogP contribution in [-0.2, 0) is 11.8 Å². The summed E-state index contributed by atoms with van der Waals surface area (Å²) in [6.07, 6.45) is 9.06. The summed E-state index contributed by atoms with van der Waals surface area (Å²) in [5.41, 5.74) is 4.56. The Labute approximate surface area is 208 Å². The summed E-state index contributed by atoms with van der Waals surface area (Å²) >= 11 is 0. The maximum absolute atomic E-state index is 13.7. The lowest BCUT2D eigenvalue weighted by atomic mass is 9.43. The molecule has 35 heavy (non-hydrogen) atoms. The fourth-order valence-corrected chi connectivity index (χ4v) is 10.0. The van der Waals surface area contributed by atoms with Crippen LogP contribution < -0.4 is 4.74 Å². The lowest BCUT2D eigenvalue weighted by Crippen LogP contribution is -2.69. The van der Waals surface area contributed by atoms with Gasteiger partial charge in [-0.15, -0.1) is 0 Å². The Morgan fingerprint density at radius 2 is 1.94 bits per heavy atom. The third-order valence-corrected chi connectivity index (χ3v) is 11.3. The number of piperidine rings is 1. The highest BCUT2D eigenvalue weighted by Crippen LogP contribution is 2.75. The molecule has 2 aromatic carbocycles. The minimum atomic E-state index is 0.194. The summed E-state index contributed by atoms with van der Waals surface area (Å²) in [7, 11) is 1.80. The molecule has 4 aliphatic carbocycles. The molecular formula is C31H36N2O2. The number of amides is 1. The van der Waals surface area contributed by atoms with Crippen LogP contribution >= 0.6 is 0 Å². The van der Waals surface area contributed by atoms with Gasteiger partial charge in [0.1, 0.15) is 5.75 Å². The van der Waals surface area contributed by atoms with E-state index in [0.29, 0.717) is 29.3 Å². The first-order valence-corrected chi connectivity index (χ1v) is 13.9. The zero-order valence-corrected chi connectivity index (χ0v) is 20.8. The third kappa shape index (κ3) is 2.59. The molecule has 4 nitrogen and oxygen atoms in total. The summed E-state index contributed by atoms with van der Waals surface area (Å²) < 4.78 is 5.78. The summed E-state index contributed by atoms with van der Waals surface area (Å²) in [6, 6.07) is 18.0. The Morgan fingerprint density at radius 1 is 1.09 bits per heavy atom. The number of nitrogens with zero attached hydrogens (tertiary/aromatic N) is 2. The lowest BCUT2D eigenvalue weighted by Gasteiger charge is -2.66. The van der Waals surface area contributed by atoms with E-state index in [2.05, 4.69) is 28.0 Å². The molecule has 5 fully saturated rings. The average Bonchev–Trinajstić information content (AvgIpc) is 3.59. The van der Waals surface area contributed by atoms with Gasteiger partial charge in [0, 0.05) is 36.2 Å². The van der Waals surface area contributed by atoms with E-state index in [4.69, 9.17) is 4.74 Å². The van der Waals surface area contributed by atoms with Gasteiger partial charge in [-0.25, -0.2) is 0 Å². The second kappa shape index (κ2) is 7.12. The highest BCUT2D eigenvalue weighted by atomic mass is 16.5. The van der Waals surface area contributed by atoms with Crippen molar-refractivity contribution in [3.63, 3.8) is 0 Å². The van der Waals surface area contributed by atoms with Crippen LogP contribution in [0.1, 0.15) is 60.0 Å². The smallest absolute Gasteiger partial charge is 0.254 e. The third-order valence-electron chi connectivity index (χ3n) is 11.3. The van der Waals surface area contributed by atoms with Crippen LogP contribution in [0.15, 0.2) is 48.5 Å². The van der Waals surface area contributed by atoms with E-state index in [1.165, 1.54) is 58.0 Å². The van der Waals surface area contributed by atoms with Gasteiger partial charge in [0.15, 0.2) is 0 Å². The molecule has 4 bridgehead atoms. The van der Waals surface area contributed by atoms with Gasteiger partial charge in [0.05, 0.1) is 7.11 Å². The van der Waals surface area contributed by atoms with E-state index < -0.39 is 0 Å². The average molecular weight is 469 g/mol. The minimum absolute atomic E-state index is 0.194. The van der Waals surface area contributed by atoms with Crippen LogP contribution in [0.3, 0.4) is 0 Å². The first-order valence-electron chi connectivity index (χ1n) is 13.9. The van der Waals surface area contributed by atoms with Crippen molar-refractivity contribution < 1.29 is 9.53 Å². The Kier molecular flexibility index (Phi) is 4.24. The van der Waals surface area contributed by atoms with Crippen molar-refractivity contribution in [3.8, 4) is 5.75 Å². The van der Waals surface area contributed by atoms with Gasteiger partial charge in [0.25, 0.3) is 5.91 Å². The molecule has 0 unspecified atom stereocenters. The first-order chi connectivity index (χ1) is 17.1. The van der Waals surface area contributed by atoms with Gasteiger partial charge in [0.2, 0.25) is 0 Å². The highest BCUT2D eigenvalue weighted by molar-refractivity contribution is 5.94. The van der Waals surface area contributed by atoms with Gasteiger partial charge in [-0.05, 0) is 110 Å². The molecule has 0 spiro atoms. The number of hydrogen-bond donors (Lipinski definition) is 0. The number of fused-ring (bicyclic) bond motifs is 1. The van der Waals surface area contributed by atoms with E-state index in [0.717, 1.165) is 23.8 Å². The molecule has 6 atom stereocenters. The maximum atomic E-state index is 13.7. The Morgan fingerprint density at radius 3 is 2.74 bits per heavy atom. The quantitative estimate of drug-likeness (QED) is 0.639. The van der Waals surface area contributed by atoms with E-state index in [9.17, 15) is 4.79 Å². The van der Waals surface area contributed by atoms with Crippen molar-refractivity contribution in [1.29, 1.82) is 0 Å². The fraction of sp³-hybridized carbons (Fsp3) is 0.581. The predicted octanol–water partition coefficient (Wildman–Crippen LogP) is 4.91. The predicted molar refractivity (Wildman–Crippen MR) is 136 cm³/mol. The standard InChI is InChI=1S/C31H36N2O2/c1-35-24-10-9-22-15-27-30-12-11-26-28(23(17-30)19-33(26)29(34)21-5-3-2-4-6-21)31(30,25(22)16-24)13-14-32(27)18-20-7-8-20/h2-6,9-10,16,20,23,26-28H,7-8,11-15,17-19H2,1H3/t23-,26-,27-,28-,30-,31+/m1/s1. The van der Waals surface area contributed by atoms with Crippen LogP contribution in [0.5, 0.6) is 5.75 Å². The van der Waals surface area contributed by atoms with Crippen molar-refractivity contribution in [2.75, 3.05) is 26.7 Å². The van der Waals surface area contributed by atoms with E-state index in [-0.39, 0.29) is 11.3 Å². The summed E-state index contributed by atoms with van der Waals surface area (Å²) in [5.74, 6) is 3.39. The molecular weight excluding hydrogens is 432 g/mol. The molecule has 0 radical (unpaired) electrons. The monoisotopic (exact) mass is 468 g/mol. The van der Waals surface area contributed by atoms with E-state index in [1.54, 1.807) is 18.2 Å². The van der Waals surface area contributed by atoms with Crippen molar-refractivity contribution in [3.05, 3.63) is 65.2 Å². The number of benzene rings is 2. The lowest BCUT2D eigenvalue weighted by molar-refractivity contribution is -0.102. The second-order valence-corrected chi connectivity index (χ2v) is 12.5. The molecule has 6 aliphatic rings. The highest BCUT2D eigenvalue weighted by Gasteiger charge is 2.76. The molecule has 2 heterocycles. The molecule has 3 saturated carbocycles. The van der Waals surface area contributed by atoms with Crippen LogP contribution in [-0.4, -0.2) is 54.5 Å². The molecule has 2 aromatic rings. The number of hydrogen-bond acceptors (Lipinski definition) is 3. The summed E-state index contributed by atoms with van der Waals surface area (Å²) in [5, 5.41) is 0. The number of methoxy groups -OCH3 is 1. The second-order valence-electron chi connectivity index (χ2n) is 12.5. The van der Waals surface area contributed by atoms with Crippen molar-refractivity contribution in [1.82, 2.24) is 9.80 Å². The molecule has 8 rings (SSSR count). The van der Waals surface area contributed by atoms with Gasteiger partial charge in [-0.1, -0.05) is 24.3 Å².